The standard InChI is InChI=1S/C19H19ClFNO2/c1-10-8-19(2,3)22-18-15(20)7-13(14(9-23)17(10)18)12-5-4-11(21)6-16(12)24/h4-8,22-24H,9H2,1-3H3. The lowest BCUT2D eigenvalue weighted by atomic mass is 9.85. The molecule has 2 aromatic rings. The molecule has 0 saturated carbocycles. The van der Waals surface area contributed by atoms with Crippen molar-refractivity contribution in [3.63, 3.8) is 0 Å². The Hall–Kier alpha value is -2.04. The van der Waals surface area contributed by atoms with Crippen molar-refractivity contribution < 1.29 is 14.6 Å². The molecule has 0 aliphatic carbocycles. The summed E-state index contributed by atoms with van der Waals surface area (Å²) in [5, 5.41) is 23.9. The smallest absolute Gasteiger partial charge is 0.126 e. The van der Waals surface area contributed by atoms with E-state index in [1.165, 1.54) is 12.1 Å². The van der Waals surface area contributed by atoms with Crippen LogP contribution >= 0.6 is 11.6 Å². The third-order valence-electron chi connectivity index (χ3n) is 4.21. The Morgan fingerprint density at radius 1 is 1.21 bits per heavy atom. The quantitative estimate of drug-likeness (QED) is 0.720. The van der Waals surface area contributed by atoms with Gasteiger partial charge in [-0.1, -0.05) is 17.7 Å². The van der Waals surface area contributed by atoms with Crippen LogP contribution in [0.5, 0.6) is 5.75 Å². The van der Waals surface area contributed by atoms with Gasteiger partial charge in [-0.2, -0.15) is 0 Å². The molecule has 1 aliphatic rings. The van der Waals surface area contributed by atoms with Gasteiger partial charge in [0, 0.05) is 17.2 Å². The molecule has 0 atom stereocenters. The Morgan fingerprint density at radius 2 is 1.92 bits per heavy atom. The number of benzene rings is 2. The average molecular weight is 348 g/mol. The molecule has 3 nitrogen and oxygen atoms in total. The molecule has 0 fully saturated rings. The van der Waals surface area contributed by atoms with E-state index in [1.807, 2.05) is 20.8 Å². The maximum absolute atomic E-state index is 13.3. The van der Waals surface area contributed by atoms with E-state index in [1.54, 1.807) is 6.07 Å². The number of halogens is 2. The molecular formula is C19H19ClFNO2. The van der Waals surface area contributed by atoms with Gasteiger partial charge in [-0.3, -0.25) is 0 Å². The second-order valence-corrected chi connectivity index (χ2v) is 7.04. The van der Waals surface area contributed by atoms with Gasteiger partial charge in [-0.25, -0.2) is 4.39 Å². The molecule has 0 spiro atoms. The zero-order chi connectivity index (χ0) is 17.6. The number of phenols is 1. The van der Waals surface area contributed by atoms with Crippen molar-refractivity contribution in [2.45, 2.75) is 32.9 Å². The zero-order valence-electron chi connectivity index (χ0n) is 13.7. The van der Waals surface area contributed by atoms with Crippen molar-refractivity contribution in [1.82, 2.24) is 0 Å². The number of allylic oxidation sites excluding steroid dienone is 1. The van der Waals surface area contributed by atoms with Gasteiger partial charge < -0.3 is 15.5 Å². The minimum atomic E-state index is -0.523. The molecule has 1 heterocycles. The SMILES string of the molecule is CC1=CC(C)(C)Nc2c(Cl)cc(-c3ccc(F)cc3O)c(CO)c21. The van der Waals surface area contributed by atoms with E-state index in [9.17, 15) is 14.6 Å². The van der Waals surface area contributed by atoms with E-state index >= 15 is 0 Å². The molecule has 0 saturated heterocycles. The fourth-order valence-corrected chi connectivity index (χ4v) is 3.61. The summed E-state index contributed by atoms with van der Waals surface area (Å²) in [7, 11) is 0. The highest BCUT2D eigenvalue weighted by Crippen LogP contribution is 2.45. The lowest BCUT2D eigenvalue weighted by molar-refractivity contribution is 0.282. The van der Waals surface area contributed by atoms with E-state index in [0.717, 1.165) is 22.9 Å². The average Bonchev–Trinajstić information content (AvgIpc) is 2.47. The first-order valence-electron chi connectivity index (χ1n) is 7.66. The Bertz CT molecular complexity index is 859. The van der Waals surface area contributed by atoms with Crippen LogP contribution in [0, 0.1) is 5.82 Å². The van der Waals surface area contributed by atoms with Crippen molar-refractivity contribution in [1.29, 1.82) is 0 Å². The van der Waals surface area contributed by atoms with Crippen LogP contribution in [0.25, 0.3) is 16.7 Å². The second kappa shape index (κ2) is 5.80. The van der Waals surface area contributed by atoms with E-state index in [4.69, 9.17) is 11.6 Å². The number of hydrogen-bond donors (Lipinski definition) is 3. The van der Waals surface area contributed by atoms with Crippen molar-refractivity contribution in [3.05, 3.63) is 52.3 Å². The summed E-state index contributed by atoms with van der Waals surface area (Å²) in [5.74, 6) is -0.711. The number of phenolic OH excluding ortho intramolecular Hbond substituents is 1. The lowest BCUT2D eigenvalue weighted by Gasteiger charge is -2.34. The van der Waals surface area contributed by atoms with Crippen LogP contribution in [-0.4, -0.2) is 15.8 Å². The first-order valence-corrected chi connectivity index (χ1v) is 8.04. The van der Waals surface area contributed by atoms with Crippen LogP contribution < -0.4 is 5.32 Å². The van der Waals surface area contributed by atoms with Gasteiger partial charge in [0.05, 0.1) is 22.9 Å². The minimum absolute atomic E-state index is 0.188. The number of aromatic hydroxyl groups is 1. The maximum Gasteiger partial charge on any atom is 0.126 e. The molecule has 0 aromatic heterocycles. The second-order valence-electron chi connectivity index (χ2n) is 6.63. The van der Waals surface area contributed by atoms with Crippen molar-refractivity contribution in [3.8, 4) is 16.9 Å². The summed E-state index contributed by atoms with van der Waals surface area (Å²) in [6, 6.07) is 5.50. The maximum atomic E-state index is 13.3. The summed E-state index contributed by atoms with van der Waals surface area (Å²) < 4.78 is 13.3. The molecule has 2 aromatic carbocycles. The van der Waals surface area contributed by atoms with Crippen molar-refractivity contribution >= 4 is 22.9 Å². The van der Waals surface area contributed by atoms with Gasteiger partial charge in [-0.15, -0.1) is 0 Å². The lowest BCUT2D eigenvalue weighted by Crippen LogP contribution is -2.32. The van der Waals surface area contributed by atoms with Gasteiger partial charge in [0.2, 0.25) is 0 Å². The fraction of sp³-hybridized carbons (Fsp3) is 0.263. The summed E-state index contributed by atoms with van der Waals surface area (Å²) >= 11 is 6.48. The predicted octanol–water partition coefficient (Wildman–Crippen LogP) is 4.95. The molecule has 3 rings (SSSR count). The number of nitrogens with one attached hydrogen (secondary N) is 1. The number of aliphatic hydroxyl groups is 1. The molecule has 1 aliphatic heterocycles. The molecule has 0 amide bonds. The number of fused-ring (bicyclic) bond motifs is 1. The normalized spacial score (nSPS) is 15.5. The zero-order valence-corrected chi connectivity index (χ0v) is 14.5. The molecule has 5 heteroatoms. The number of anilines is 1. The summed E-state index contributed by atoms with van der Waals surface area (Å²) in [4.78, 5) is 0. The number of aliphatic hydroxyl groups excluding tert-OH is 1. The van der Waals surface area contributed by atoms with Gasteiger partial charge in [0.25, 0.3) is 0 Å². The van der Waals surface area contributed by atoms with Crippen LogP contribution in [0.15, 0.2) is 30.3 Å². The van der Waals surface area contributed by atoms with E-state index < -0.39 is 5.82 Å². The third kappa shape index (κ3) is 2.76. The van der Waals surface area contributed by atoms with Crippen LogP contribution in [0.1, 0.15) is 31.9 Å². The van der Waals surface area contributed by atoms with E-state index in [2.05, 4.69) is 11.4 Å². The highest BCUT2D eigenvalue weighted by atomic mass is 35.5. The topological polar surface area (TPSA) is 52.5 Å². The predicted molar refractivity (Wildman–Crippen MR) is 95.8 cm³/mol. The molecule has 3 N–H and O–H groups in total. The van der Waals surface area contributed by atoms with E-state index in [0.29, 0.717) is 21.7 Å². The summed E-state index contributed by atoms with van der Waals surface area (Å²) in [6.07, 6.45) is 2.07. The van der Waals surface area contributed by atoms with Crippen LogP contribution in [0.3, 0.4) is 0 Å². The number of rotatable bonds is 2. The summed E-state index contributed by atoms with van der Waals surface area (Å²) in [6.45, 7) is 5.81. The molecule has 0 unspecified atom stereocenters. The highest BCUT2D eigenvalue weighted by molar-refractivity contribution is 6.34. The molecule has 126 valence electrons. The highest BCUT2D eigenvalue weighted by Gasteiger charge is 2.28. The van der Waals surface area contributed by atoms with E-state index in [-0.39, 0.29) is 17.9 Å². The van der Waals surface area contributed by atoms with Gasteiger partial charge in [0.1, 0.15) is 11.6 Å². The van der Waals surface area contributed by atoms with Crippen LogP contribution in [0.2, 0.25) is 5.02 Å². The fourth-order valence-electron chi connectivity index (χ4n) is 3.36. The Morgan fingerprint density at radius 3 is 2.54 bits per heavy atom. The Kier molecular flexibility index (Phi) is 4.06. The van der Waals surface area contributed by atoms with Crippen LogP contribution in [0.4, 0.5) is 10.1 Å². The molecule has 0 radical (unpaired) electrons. The van der Waals surface area contributed by atoms with Crippen molar-refractivity contribution in [2.75, 3.05) is 5.32 Å². The third-order valence-corrected chi connectivity index (χ3v) is 4.51. The first-order chi connectivity index (χ1) is 11.2. The minimum Gasteiger partial charge on any atom is -0.507 e. The van der Waals surface area contributed by atoms with Crippen LogP contribution in [-0.2, 0) is 6.61 Å². The first kappa shape index (κ1) is 16.8. The van der Waals surface area contributed by atoms with Gasteiger partial charge >= 0.3 is 0 Å². The van der Waals surface area contributed by atoms with Crippen molar-refractivity contribution in [2.24, 2.45) is 0 Å². The van der Waals surface area contributed by atoms with Gasteiger partial charge in [-0.05, 0) is 55.7 Å². The molecule has 24 heavy (non-hydrogen) atoms. The number of hydrogen-bond acceptors (Lipinski definition) is 3. The molecular weight excluding hydrogens is 329 g/mol. The monoisotopic (exact) mass is 347 g/mol. The largest absolute Gasteiger partial charge is 0.507 e. The summed E-state index contributed by atoms with van der Waals surface area (Å²) in [5.41, 5.74) is 3.98. The Balaban J connectivity index is 2.31. The molecule has 0 bridgehead atoms. The van der Waals surface area contributed by atoms with Gasteiger partial charge in [0.15, 0.2) is 0 Å². The Labute approximate surface area is 145 Å².